The van der Waals surface area contributed by atoms with E-state index in [-0.39, 0.29) is 5.88 Å². The molecule has 0 radical (unpaired) electrons. The van der Waals surface area contributed by atoms with Gasteiger partial charge in [0.1, 0.15) is 0 Å². The molecule has 0 saturated heterocycles. The Labute approximate surface area is 123 Å². The molecule has 3 nitrogen and oxygen atoms in total. The topological polar surface area (TPSA) is 30.7 Å². The summed E-state index contributed by atoms with van der Waals surface area (Å²) in [6.45, 7) is 0. The van der Waals surface area contributed by atoms with Crippen LogP contribution >= 0.6 is 11.6 Å². The molecule has 3 aromatic rings. The molecule has 2 aromatic heterocycles. The predicted molar refractivity (Wildman–Crippen MR) is 73.4 cm³/mol. The number of rotatable bonds is 2. The fraction of sp³-hybridized carbons (Fsp3) is 0.143. The fourth-order valence-corrected chi connectivity index (χ4v) is 2.33. The molecule has 0 N–H and O–H groups in total. The van der Waals surface area contributed by atoms with Gasteiger partial charge in [-0.2, -0.15) is 18.3 Å². The molecule has 1 aromatic carbocycles. The van der Waals surface area contributed by atoms with Crippen LogP contribution in [0.5, 0.6) is 0 Å². The second-order valence-electron chi connectivity index (χ2n) is 4.43. The highest BCUT2D eigenvalue weighted by Gasteiger charge is 2.33. The lowest BCUT2D eigenvalue weighted by atomic mass is 10.1. The summed E-state index contributed by atoms with van der Waals surface area (Å²) in [5.74, 6) is 0.621. The van der Waals surface area contributed by atoms with Gasteiger partial charge in [-0.25, -0.2) is 9.67 Å². The van der Waals surface area contributed by atoms with Crippen molar-refractivity contribution in [2.24, 2.45) is 0 Å². The molecule has 0 spiro atoms. The van der Waals surface area contributed by atoms with E-state index in [0.29, 0.717) is 11.2 Å². The summed E-state index contributed by atoms with van der Waals surface area (Å²) in [5, 5.41) is 5.10. The SMILES string of the molecule is FC(F)(F)c1ccn(-c2ncc(CCl)c3ccccc23)n1. The second-order valence-corrected chi connectivity index (χ2v) is 4.70. The first-order valence-corrected chi connectivity index (χ1v) is 6.60. The van der Waals surface area contributed by atoms with Gasteiger partial charge in [0.05, 0.1) is 0 Å². The molecular weight excluding hydrogens is 303 g/mol. The number of alkyl halides is 4. The third-order valence-corrected chi connectivity index (χ3v) is 3.39. The molecule has 21 heavy (non-hydrogen) atoms. The lowest BCUT2D eigenvalue weighted by Crippen LogP contribution is -2.08. The van der Waals surface area contributed by atoms with Crippen molar-refractivity contribution in [1.29, 1.82) is 0 Å². The Morgan fingerprint density at radius 3 is 2.43 bits per heavy atom. The molecule has 0 aliphatic carbocycles. The summed E-state index contributed by atoms with van der Waals surface area (Å²) in [7, 11) is 0. The van der Waals surface area contributed by atoms with E-state index in [2.05, 4.69) is 10.1 Å². The minimum atomic E-state index is -4.48. The molecule has 0 unspecified atom stereocenters. The van der Waals surface area contributed by atoms with Crippen LogP contribution < -0.4 is 0 Å². The van der Waals surface area contributed by atoms with Crippen molar-refractivity contribution in [3.8, 4) is 5.82 Å². The molecule has 108 valence electrons. The molecule has 0 saturated carbocycles. The van der Waals surface area contributed by atoms with Crippen molar-refractivity contribution in [1.82, 2.24) is 14.8 Å². The largest absolute Gasteiger partial charge is 0.435 e. The number of halogens is 4. The zero-order chi connectivity index (χ0) is 15.0. The molecule has 3 rings (SSSR count). The third kappa shape index (κ3) is 2.47. The Kier molecular flexibility index (Phi) is 3.33. The summed E-state index contributed by atoms with van der Waals surface area (Å²) >= 11 is 5.86. The van der Waals surface area contributed by atoms with Crippen molar-refractivity contribution in [2.45, 2.75) is 12.1 Å². The van der Waals surface area contributed by atoms with Gasteiger partial charge in [0.25, 0.3) is 0 Å². The minimum Gasteiger partial charge on any atom is -0.236 e. The molecule has 0 aliphatic heterocycles. The number of hydrogen-bond acceptors (Lipinski definition) is 2. The first kappa shape index (κ1) is 13.9. The van der Waals surface area contributed by atoms with Crippen molar-refractivity contribution in [3.05, 3.63) is 54.0 Å². The Hall–Kier alpha value is -2.08. The number of hydrogen-bond donors (Lipinski definition) is 0. The zero-order valence-electron chi connectivity index (χ0n) is 10.6. The van der Waals surface area contributed by atoms with E-state index in [9.17, 15) is 13.2 Å². The van der Waals surface area contributed by atoms with Crippen LogP contribution in [-0.4, -0.2) is 14.8 Å². The van der Waals surface area contributed by atoms with Crippen LogP contribution in [0.4, 0.5) is 13.2 Å². The van der Waals surface area contributed by atoms with Crippen LogP contribution in [-0.2, 0) is 12.1 Å². The molecule has 0 bridgehead atoms. The van der Waals surface area contributed by atoms with E-state index in [0.717, 1.165) is 21.7 Å². The van der Waals surface area contributed by atoms with Crippen LogP contribution in [0, 0.1) is 0 Å². The van der Waals surface area contributed by atoms with Crippen molar-refractivity contribution < 1.29 is 13.2 Å². The summed E-state index contributed by atoms with van der Waals surface area (Å²) < 4.78 is 39.0. The highest BCUT2D eigenvalue weighted by Crippen LogP contribution is 2.29. The quantitative estimate of drug-likeness (QED) is 0.665. The molecule has 2 heterocycles. The van der Waals surface area contributed by atoms with Gasteiger partial charge in [-0.3, -0.25) is 0 Å². The summed E-state index contributed by atoms with van der Waals surface area (Å²) in [5.41, 5.74) is -0.131. The molecule has 0 amide bonds. The van der Waals surface area contributed by atoms with Crippen molar-refractivity contribution in [2.75, 3.05) is 0 Å². The van der Waals surface area contributed by atoms with Crippen molar-refractivity contribution >= 4 is 22.4 Å². The Bertz CT molecular complexity index is 796. The van der Waals surface area contributed by atoms with E-state index in [1.807, 2.05) is 12.1 Å². The summed E-state index contributed by atoms with van der Waals surface area (Å²) in [6, 6.07) is 8.19. The first-order chi connectivity index (χ1) is 10.0. The van der Waals surface area contributed by atoms with Crippen molar-refractivity contribution in [3.63, 3.8) is 0 Å². The standard InChI is InChI=1S/C14H9ClF3N3/c15-7-9-8-19-13(11-4-2-1-3-10(9)11)21-6-5-12(20-21)14(16,17)18/h1-6,8H,7H2. The second kappa shape index (κ2) is 5.04. The van der Waals surface area contributed by atoms with Crippen LogP contribution in [0.15, 0.2) is 42.7 Å². The maximum atomic E-state index is 12.6. The van der Waals surface area contributed by atoms with Gasteiger partial charge in [0.15, 0.2) is 11.5 Å². The van der Waals surface area contributed by atoms with Gasteiger partial charge in [-0.05, 0) is 17.0 Å². The lowest BCUT2D eigenvalue weighted by Gasteiger charge is -2.09. The molecule has 0 atom stereocenters. The monoisotopic (exact) mass is 311 g/mol. The molecular formula is C14H9ClF3N3. The summed E-state index contributed by atoms with van der Waals surface area (Å²) in [4.78, 5) is 4.19. The van der Waals surface area contributed by atoms with Crippen LogP contribution in [0.25, 0.3) is 16.6 Å². The smallest absolute Gasteiger partial charge is 0.236 e. The highest BCUT2D eigenvalue weighted by atomic mass is 35.5. The van der Waals surface area contributed by atoms with E-state index < -0.39 is 11.9 Å². The Balaban J connectivity index is 2.19. The Morgan fingerprint density at radius 1 is 1.10 bits per heavy atom. The Morgan fingerprint density at radius 2 is 1.81 bits per heavy atom. The minimum absolute atomic E-state index is 0.278. The van der Waals surface area contributed by atoms with Gasteiger partial charge in [-0.15, -0.1) is 11.6 Å². The van der Waals surface area contributed by atoms with Gasteiger partial charge in [-0.1, -0.05) is 24.3 Å². The average Bonchev–Trinajstić information content (AvgIpc) is 2.96. The summed E-state index contributed by atoms with van der Waals surface area (Å²) in [6.07, 6.45) is -1.67. The van der Waals surface area contributed by atoms with Gasteiger partial charge in [0.2, 0.25) is 0 Å². The number of pyridine rings is 1. The maximum absolute atomic E-state index is 12.6. The average molecular weight is 312 g/mol. The predicted octanol–water partition coefficient (Wildman–Crippen LogP) is 4.18. The van der Waals surface area contributed by atoms with Crippen LogP contribution in [0.3, 0.4) is 0 Å². The van der Waals surface area contributed by atoms with E-state index in [1.54, 1.807) is 18.3 Å². The van der Waals surface area contributed by atoms with Crippen LogP contribution in [0.2, 0.25) is 0 Å². The lowest BCUT2D eigenvalue weighted by molar-refractivity contribution is -0.141. The van der Waals surface area contributed by atoms with Gasteiger partial charge < -0.3 is 0 Å². The fourth-order valence-electron chi connectivity index (χ4n) is 2.12. The van der Waals surface area contributed by atoms with Gasteiger partial charge in [0, 0.05) is 23.7 Å². The number of fused-ring (bicyclic) bond motifs is 1. The van der Waals surface area contributed by atoms with E-state index >= 15 is 0 Å². The normalized spacial score (nSPS) is 12.0. The number of nitrogens with zero attached hydrogens (tertiary/aromatic N) is 3. The van der Waals surface area contributed by atoms with E-state index in [1.165, 1.54) is 6.20 Å². The first-order valence-electron chi connectivity index (χ1n) is 6.06. The zero-order valence-corrected chi connectivity index (χ0v) is 11.4. The third-order valence-electron chi connectivity index (χ3n) is 3.10. The highest BCUT2D eigenvalue weighted by molar-refractivity contribution is 6.18. The van der Waals surface area contributed by atoms with Crippen LogP contribution in [0.1, 0.15) is 11.3 Å². The number of benzene rings is 1. The molecule has 0 fully saturated rings. The van der Waals surface area contributed by atoms with Gasteiger partial charge >= 0.3 is 6.18 Å². The number of aromatic nitrogens is 3. The molecule has 0 aliphatic rings. The van der Waals surface area contributed by atoms with E-state index in [4.69, 9.17) is 11.6 Å². The maximum Gasteiger partial charge on any atom is 0.435 e. The molecule has 7 heteroatoms.